The third-order valence-corrected chi connectivity index (χ3v) is 2.69. The quantitative estimate of drug-likeness (QED) is 0.711. The van der Waals surface area contributed by atoms with Gasteiger partial charge in [-0.3, -0.25) is 0 Å². The summed E-state index contributed by atoms with van der Waals surface area (Å²) in [5.41, 5.74) is 2.92. The number of hydrogen-bond donors (Lipinski definition) is 0. The average molecular weight is 293 g/mol. The van der Waals surface area contributed by atoms with Crippen molar-refractivity contribution in [3.63, 3.8) is 0 Å². The van der Waals surface area contributed by atoms with Crippen LogP contribution in [0.5, 0.6) is 0 Å². The van der Waals surface area contributed by atoms with Gasteiger partial charge in [-0.15, -0.1) is 34.5 Å². The Morgan fingerprint density at radius 1 is 1.06 bits per heavy atom. The molecule has 0 fully saturated rings. The number of fused-ring (bicyclic) bond motifs is 1. The Bertz CT molecular complexity index is 412. The average Bonchev–Trinajstić information content (AvgIpc) is 2.59. The van der Waals surface area contributed by atoms with E-state index in [-0.39, 0.29) is 41.1 Å². The summed E-state index contributed by atoms with van der Waals surface area (Å²) in [6, 6.07) is 11.2. The largest absolute Gasteiger partial charge is 3.00 e. The van der Waals surface area contributed by atoms with Crippen molar-refractivity contribution in [2.75, 3.05) is 0 Å². The standard InChI is InChI=1S/C13H15.2CH3.Zr/c1-3-10-8-12-7-5-6-11(4-2)13(12)9-10;;;/h5-9H,3-4H2,1-2H3;2*1H3;/q3*-1;+3. The number of hydrogen-bond acceptors (Lipinski definition) is 0. The molecular formula is C15H21Zr. The first-order chi connectivity index (χ1) is 6.35. The number of benzene rings is 1. The van der Waals surface area contributed by atoms with E-state index in [1.165, 1.54) is 21.9 Å². The smallest absolute Gasteiger partial charge is 0.358 e. The molecule has 0 N–H and O–H groups in total. The van der Waals surface area contributed by atoms with Crippen LogP contribution >= 0.6 is 0 Å². The predicted molar refractivity (Wildman–Crippen MR) is 71.1 cm³/mol. The van der Waals surface area contributed by atoms with E-state index >= 15 is 0 Å². The maximum absolute atomic E-state index is 2.33. The first kappa shape index (κ1) is 18.1. The zero-order chi connectivity index (χ0) is 9.26. The molecule has 0 aliphatic carbocycles. The molecular weight excluding hydrogens is 271 g/mol. The molecule has 0 spiro atoms. The van der Waals surface area contributed by atoms with Gasteiger partial charge >= 0.3 is 26.2 Å². The van der Waals surface area contributed by atoms with E-state index in [9.17, 15) is 0 Å². The Labute approximate surface area is 120 Å². The maximum Gasteiger partial charge on any atom is 3.00 e. The molecule has 2 aromatic rings. The Morgan fingerprint density at radius 2 is 1.75 bits per heavy atom. The summed E-state index contributed by atoms with van der Waals surface area (Å²) in [5.74, 6) is 0. The molecule has 2 aromatic carbocycles. The van der Waals surface area contributed by atoms with Crippen molar-refractivity contribution >= 4 is 10.8 Å². The van der Waals surface area contributed by atoms with Gasteiger partial charge in [0.05, 0.1) is 0 Å². The van der Waals surface area contributed by atoms with Gasteiger partial charge in [-0.25, -0.2) is 0 Å². The van der Waals surface area contributed by atoms with Crippen molar-refractivity contribution in [1.29, 1.82) is 0 Å². The van der Waals surface area contributed by atoms with Crippen molar-refractivity contribution in [3.8, 4) is 0 Å². The van der Waals surface area contributed by atoms with E-state index in [1.807, 2.05) is 0 Å². The minimum atomic E-state index is 0. The van der Waals surface area contributed by atoms with Crippen LogP contribution in [0.4, 0.5) is 0 Å². The first-order valence-corrected chi connectivity index (χ1v) is 5.02. The molecule has 1 radical (unpaired) electrons. The summed E-state index contributed by atoms with van der Waals surface area (Å²) in [4.78, 5) is 0. The first-order valence-electron chi connectivity index (χ1n) is 5.02. The summed E-state index contributed by atoms with van der Waals surface area (Å²) in [5, 5.41) is 2.85. The van der Waals surface area contributed by atoms with Crippen LogP contribution in [0.1, 0.15) is 25.0 Å². The molecule has 16 heavy (non-hydrogen) atoms. The van der Waals surface area contributed by atoms with Crippen LogP contribution in [0.15, 0.2) is 30.3 Å². The van der Waals surface area contributed by atoms with Gasteiger partial charge < -0.3 is 14.9 Å². The van der Waals surface area contributed by atoms with Crippen molar-refractivity contribution < 1.29 is 26.2 Å². The van der Waals surface area contributed by atoms with E-state index < -0.39 is 0 Å². The zero-order valence-corrected chi connectivity index (χ0v) is 13.3. The fourth-order valence-electron chi connectivity index (χ4n) is 1.87. The summed E-state index contributed by atoms with van der Waals surface area (Å²) < 4.78 is 0. The van der Waals surface area contributed by atoms with Crippen molar-refractivity contribution in [1.82, 2.24) is 0 Å². The van der Waals surface area contributed by atoms with Crippen molar-refractivity contribution in [2.24, 2.45) is 0 Å². The molecule has 0 atom stereocenters. The second-order valence-corrected chi connectivity index (χ2v) is 3.49. The summed E-state index contributed by atoms with van der Waals surface area (Å²) in [7, 11) is 0. The third kappa shape index (κ3) is 3.35. The fraction of sp³-hybridized carbons (Fsp3) is 0.267. The van der Waals surface area contributed by atoms with E-state index in [1.54, 1.807) is 0 Å². The Morgan fingerprint density at radius 3 is 2.31 bits per heavy atom. The molecule has 1 heteroatoms. The molecule has 85 valence electrons. The molecule has 0 aromatic heterocycles. The Kier molecular flexibility index (Phi) is 8.93. The monoisotopic (exact) mass is 291 g/mol. The molecule has 0 saturated carbocycles. The summed E-state index contributed by atoms with van der Waals surface area (Å²) >= 11 is 0. The fourth-order valence-corrected chi connectivity index (χ4v) is 1.87. The van der Waals surface area contributed by atoms with Crippen LogP contribution < -0.4 is 0 Å². The molecule has 0 unspecified atom stereocenters. The van der Waals surface area contributed by atoms with Crippen LogP contribution in [0.25, 0.3) is 10.8 Å². The van der Waals surface area contributed by atoms with Gasteiger partial charge in [-0.1, -0.05) is 25.5 Å². The van der Waals surface area contributed by atoms with Crippen LogP contribution in [-0.2, 0) is 39.0 Å². The second kappa shape index (κ2) is 7.90. The van der Waals surface area contributed by atoms with Gasteiger partial charge in [-0.05, 0) is 12.8 Å². The minimum Gasteiger partial charge on any atom is -0.358 e. The molecule has 2 rings (SSSR count). The predicted octanol–water partition coefficient (Wildman–Crippen LogP) is 4.58. The normalized spacial score (nSPS) is 8.88. The minimum absolute atomic E-state index is 0. The Hall–Kier alpha value is -0.287. The van der Waals surface area contributed by atoms with Crippen molar-refractivity contribution in [3.05, 3.63) is 56.3 Å². The second-order valence-electron chi connectivity index (χ2n) is 3.49. The number of rotatable bonds is 2. The third-order valence-electron chi connectivity index (χ3n) is 2.69. The maximum atomic E-state index is 2.33. The van der Waals surface area contributed by atoms with E-state index in [2.05, 4.69) is 44.2 Å². The Balaban J connectivity index is 0. The van der Waals surface area contributed by atoms with Gasteiger partial charge in [0.25, 0.3) is 0 Å². The number of aryl methyl sites for hydroxylation is 2. The van der Waals surface area contributed by atoms with E-state index in [0.717, 1.165) is 12.8 Å². The van der Waals surface area contributed by atoms with E-state index in [4.69, 9.17) is 0 Å². The topological polar surface area (TPSA) is 0 Å². The molecule has 0 saturated heterocycles. The molecule has 0 aliphatic heterocycles. The SMILES string of the molecule is CCc1cc2c(CC)cccc2[cH-]1.[CH3-].[CH3-].[Zr+3]. The van der Waals surface area contributed by atoms with Crippen LogP contribution in [-0.4, -0.2) is 0 Å². The van der Waals surface area contributed by atoms with Gasteiger partial charge in [0.1, 0.15) is 0 Å². The van der Waals surface area contributed by atoms with E-state index in [0.29, 0.717) is 0 Å². The molecule has 0 nitrogen and oxygen atoms in total. The zero-order valence-electron chi connectivity index (χ0n) is 10.8. The molecule has 0 bridgehead atoms. The summed E-state index contributed by atoms with van der Waals surface area (Å²) in [6.07, 6.45) is 2.27. The van der Waals surface area contributed by atoms with Crippen LogP contribution in [0.3, 0.4) is 0 Å². The van der Waals surface area contributed by atoms with Crippen LogP contribution in [0.2, 0.25) is 0 Å². The molecule has 0 amide bonds. The molecule has 0 aliphatic rings. The summed E-state index contributed by atoms with van der Waals surface area (Å²) in [6.45, 7) is 4.42. The molecule has 0 heterocycles. The van der Waals surface area contributed by atoms with Gasteiger partial charge in [0.15, 0.2) is 0 Å². The van der Waals surface area contributed by atoms with Crippen molar-refractivity contribution in [2.45, 2.75) is 26.7 Å². The van der Waals surface area contributed by atoms with Crippen LogP contribution in [0, 0.1) is 14.9 Å². The van der Waals surface area contributed by atoms with Gasteiger partial charge in [0, 0.05) is 0 Å². The van der Waals surface area contributed by atoms with Gasteiger partial charge in [0.2, 0.25) is 0 Å². The van der Waals surface area contributed by atoms with Gasteiger partial charge in [-0.2, -0.15) is 6.07 Å².